The van der Waals surface area contributed by atoms with Crippen LogP contribution < -0.4 is 10.1 Å². The molecule has 0 aliphatic carbocycles. The third-order valence-electron chi connectivity index (χ3n) is 2.53. The van der Waals surface area contributed by atoms with Crippen LogP contribution in [0.2, 0.25) is 5.02 Å². The molecule has 6 nitrogen and oxygen atoms in total. The van der Waals surface area contributed by atoms with Crippen molar-refractivity contribution in [1.29, 1.82) is 0 Å². The molecule has 0 saturated carbocycles. The smallest absolute Gasteiger partial charge is 0.329 e. The molecule has 0 radical (unpaired) electrons. The van der Waals surface area contributed by atoms with Gasteiger partial charge in [-0.1, -0.05) is 17.7 Å². The van der Waals surface area contributed by atoms with Crippen LogP contribution in [-0.4, -0.2) is 42.8 Å². The number of hydrogen-bond acceptors (Lipinski definition) is 4. The minimum absolute atomic E-state index is 0.121. The molecule has 0 fully saturated rings. The van der Waals surface area contributed by atoms with E-state index in [4.69, 9.17) is 26.2 Å². The molecule has 1 rings (SSSR count). The number of halogens is 1. The van der Waals surface area contributed by atoms with Crippen molar-refractivity contribution in [1.82, 2.24) is 5.32 Å². The molecule has 0 aromatic heterocycles. The van der Waals surface area contributed by atoms with Crippen molar-refractivity contribution in [3.05, 3.63) is 28.8 Å². The Morgan fingerprint density at radius 3 is 2.81 bits per heavy atom. The largest absolute Gasteiger partial charge is 0.480 e. The molecule has 0 heterocycles. The van der Waals surface area contributed by atoms with Crippen LogP contribution in [0.3, 0.4) is 0 Å². The van der Waals surface area contributed by atoms with Gasteiger partial charge in [-0.05, 0) is 31.5 Å². The average Bonchev–Trinajstić information content (AvgIpc) is 2.41. The maximum Gasteiger partial charge on any atom is 0.329 e. The predicted molar refractivity (Wildman–Crippen MR) is 77.7 cm³/mol. The molecular formula is C14H18ClNO5. The topological polar surface area (TPSA) is 84.9 Å². The highest BCUT2D eigenvalue weighted by molar-refractivity contribution is 6.32. The molecule has 2 N–H and O–H groups in total. The fourth-order valence-electron chi connectivity index (χ4n) is 1.49. The Bertz CT molecular complexity index is 506. The first-order chi connectivity index (χ1) is 9.90. The Morgan fingerprint density at radius 1 is 1.43 bits per heavy atom. The van der Waals surface area contributed by atoms with Crippen molar-refractivity contribution in [2.24, 2.45) is 0 Å². The van der Waals surface area contributed by atoms with Gasteiger partial charge in [-0.2, -0.15) is 0 Å². The summed E-state index contributed by atoms with van der Waals surface area (Å²) in [6.07, 6.45) is -0.719. The zero-order chi connectivity index (χ0) is 15.8. The lowest BCUT2D eigenvalue weighted by molar-refractivity contribution is -0.142. The third-order valence-corrected chi connectivity index (χ3v) is 2.84. The van der Waals surface area contributed by atoms with Crippen LogP contribution >= 0.6 is 11.6 Å². The molecule has 1 atom stereocenters. The summed E-state index contributed by atoms with van der Waals surface area (Å²) in [7, 11) is 0. The highest BCUT2D eigenvalue weighted by Gasteiger charge is 2.15. The van der Waals surface area contributed by atoms with E-state index < -0.39 is 12.1 Å². The molecule has 1 amide bonds. The molecule has 0 aliphatic rings. The summed E-state index contributed by atoms with van der Waals surface area (Å²) in [4.78, 5) is 22.0. The summed E-state index contributed by atoms with van der Waals surface area (Å²) in [5.41, 5.74) is 0.976. The second-order valence-corrected chi connectivity index (χ2v) is 4.84. The van der Waals surface area contributed by atoms with Crippen LogP contribution in [0, 0.1) is 6.92 Å². The standard InChI is InChI=1S/C14H18ClNO5/c1-9-3-4-11(15)12(7-9)21-10(2)14(19)16-5-6-20-8-13(17)18/h3-4,7,10H,5-6,8H2,1-2H3,(H,16,19)(H,17,18). The van der Waals surface area contributed by atoms with Crippen LogP contribution in [-0.2, 0) is 14.3 Å². The monoisotopic (exact) mass is 315 g/mol. The summed E-state index contributed by atoms with van der Waals surface area (Å²) in [5, 5.41) is 11.4. The minimum atomic E-state index is -1.05. The van der Waals surface area contributed by atoms with Crippen LogP contribution in [0.25, 0.3) is 0 Å². The highest BCUT2D eigenvalue weighted by Crippen LogP contribution is 2.26. The normalized spacial score (nSPS) is 11.8. The lowest BCUT2D eigenvalue weighted by Gasteiger charge is -2.16. The molecule has 116 valence electrons. The van der Waals surface area contributed by atoms with E-state index in [0.717, 1.165) is 5.56 Å². The number of amides is 1. The van der Waals surface area contributed by atoms with Crippen molar-refractivity contribution >= 4 is 23.5 Å². The fourth-order valence-corrected chi connectivity index (χ4v) is 1.66. The fraction of sp³-hybridized carbons (Fsp3) is 0.429. The lowest BCUT2D eigenvalue weighted by Crippen LogP contribution is -2.38. The summed E-state index contributed by atoms with van der Waals surface area (Å²) in [5.74, 6) is -0.931. The molecule has 7 heteroatoms. The second-order valence-electron chi connectivity index (χ2n) is 4.43. The molecule has 0 aliphatic heterocycles. The SMILES string of the molecule is Cc1ccc(Cl)c(OC(C)C(=O)NCCOCC(=O)O)c1. The molecule has 0 saturated heterocycles. The maximum absolute atomic E-state index is 11.8. The number of carboxylic acids is 1. The number of aliphatic carboxylic acids is 1. The number of carbonyl (C=O) groups excluding carboxylic acids is 1. The van der Waals surface area contributed by atoms with E-state index in [0.29, 0.717) is 10.8 Å². The Labute approximate surface area is 128 Å². The zero-order valence-corrected chi connectivity index (χ0v) is 12.6. The summed E-state index contributed by atoms with van der Waals surface area (Å²) >= 11 is 5.99. The van der Waals surface area contributed by atoms with Crippen LogP contribution in [0.5, 0.6) is 5.75 Å². The number of aryl methyl sites for hydroxylation is 1. The number of carboxylic acid groups (broad SMARTS) is 1. The van der Waals surface area contributed by atoms with Gasteiger partial charge in [0.1, 0.15) is 12.4 Å². The van der Waals surface area contributed by atoms with E-state index >= 15 is 0 Å². The van der Waals surface area contributed by atoms with E-state index in [1.54, 1.807) is 19.1 Å². The van der Waals surface area contributed by atoms with E-state index in [-0.39, 0.29) is 25.7 Å². The lowest BCUT2D eigenvalue weighted by atomic mass is 10.2. The van der Waals surface area contributed by atoms with Crippen LogP contribution in [0.1, 0.15) is 12.5 Å². The number of nitrogens with one attached hydrogen (secondary N) is 1. The average molecular weight is 316 g/mol. The van der Waals surface area contributed by atoms with Gasteiger partial charge in [-0.15, -0.1) is 0 Å². The van der Waals surface area contributed by atoms with Crippen molar-refractivity contribution in [3.63, 3.8) is 0 Å². The summed E-state index contributed by atoms with van der Waals surface area (Å²) in [6, 6.07) is 5.30. The van der Waals surface area contributed by atoms with Crippen molar-refractivity contribution in [2.45, 2.75) is 20.0 Å². The molecule has 21 heavy (non-hydrogen) atoms. The highest BCUT2D eigenvalue weighted by atomic mass is 35.5. The van der Waals surface area contributed by atoms with Gasteiger partial charge < -0.3 is 19.9 Å². The first-order valence-corrected chi connectivity index (χ1v) is 6.78. The van der Waals surface area contributed by atoms with Gasteiger partial charge in [0.2, 0.25) is 0 Å². The molecule has 0 bridgehead atoms. The van der Waals surface area contributed by atoms with Gasteiger partial charge in [0.15, 0.2) is 6.10 Å². The van der Waals surface area contributed by atoms with Gasteiger partial charge in [0.05, 0.1) is 11.6 Å². The van der Waals surface area contributed by atoms with Gasteiger partial charge in [0, 0.05) is 6.54 Å². The first kappa shape index (κ1) is 17.3. The molecule has 1 unspecified atom stereocenters. The van der Waals surface area contributed by atoms with Crippen molar-refractivity contribution in [3.8, 4) is 5.75 Å². The number of carbonyl (C=O) groups is 2. The third kappa shape index (κ3) is 6.46. The zero-order valence-electron chi connectivity index (χ0n) is 11.9. The van der Waals surface area contributed by atoms with Crippen LogP contribution in [0.4, 0.5) is 0 Å². The van der Waals surface area contributed by atoms with Gasteiger partial charge in [-0.25, -0.2) is 4.79 Å². The molecule has 1 aromatic rings. The minimum Gasteiger partial charge on any atom is -0.480 e. The Kier molecular flexibility index (Phi) is 6.98. The summed E-state index contributed by atoms with van der Waals surface area (Å²) < 4.78 is 10.3. The molecule has 1 aromatic carbocycles. The Hall–Kier alpha value is -1.79. The Balaban J connectivity index is 2.37. The predicted octanol–water partition coefficient (Wildman–Crippen LogP) is 1.63. The first-order valence-electron chi connectivity index (χ1n) is 6.40. The molecular weight excluding hydrogens is 298 g/mol. The number of rotatable bonds is 8. The molecule has 0 spiro atoms. The Morgan fingerprint density at radius 2 is 2.14 bits per heavy atom. The van der Waals surface area contributed by atoms with Gasteiger partial charge in [0.25, 0.3) is 5.91 Å². The van der Waals surface area contributed by atoms with E-state index in [2.05, 4.69) is 5.32 Å². The second kappa shape index (κ2) is 8.49. The quantitative estimate of drug-likeness (QED) is 0.712. The summed E-state index contributed by atoms with van der Waals surface area (Å²) in [6.45, 7) is 3.44. The van der Waals surface area contributed by atoms with Crippen LogP contribution in [0.15, 0.2) is 18.2 Å². The van der Waals surface area contributed by atoms with Crippen molar-refractivity contribution in [2.75, 3.05) is 19.8 Å². The van der Waals surface area contributed by atoms with Gasteiger partial charge in [-0.3, -0.25) is 4.79 Å². The number of hydrogen-bond donors (Lipinski definition) is 2. The maximum atomic E-state index is 11.8. The number of benzene rings is 1. The van der Waals surface area contributed by atoms with E-state index in [1.165, 1.54) is 0 Å². The van der Waals surface area contributed by atoms with E-state index in [1.807, 2.05) is 13.0 Å². The number of ether oxygens (including phenoxy) is 2. The van der Waals surface area contributed by atoms with Gasteiger partial charge >= 0.3 is 5.97 Å². The van der Waals surface area contributed by atoms with Crippen molar-refractivity contribution < 1.29 is 24.2 Å². The van der Waals surface area contributed by atoms with E-state index in [9.17, 15) is 9.59 Å².